The molecular formula is C20H24FN7O. The summed E-state index contributed by atoms with van der Waals surface area (Å²) in [6.45, 7) is 8.31. The average molecular weight is 397 g/mol. The molecule has 0 N–H and O–H groups in total. The summed E-state index contributed by atoms with van der Waals surface area (Å²) in [6, 6.07) is 2.09. The molecule has 0 amide bonds. The maximum Gasteiger partial charge on any atom is 0.178 e. The first-order valence-electron chi connectivity index (χ1n) is 10.0. The van der Waals surface area contributed by atoms with E-state index in [1.165, 1.54) is 0 Å². The van der Waals surface area contributed by atoms with Crippen LogP contribution in [0.25, 0.3) is 22.9 Å². The van der Waals surface area contributed by atoms with Crippen molar-refractivity contribution >= 4 is 5.82 Å². The number of halogens is 1. The molecule has 1 fully saturated rings. The highest BCUT2D eigenvalue weighted by Crippen LogP contribution is 2.36. The lowest BCUT2D eigenvalue weighted by molar-refractivity contribution is 0.306. The van der Waals surface area contributed by atoms with Crippen LogP contribution in [0.4, 0.5) is 10.2 Å². The molecule has 1 atom stereocenters. The van der Waals surface area contributed by atoms with E-state index >= 15 is 0 Å². The molecule has 2 aliphatic heterocycles. The van der Waals surface area contributed by atoms with Crippen LogP contribution in [0.15, 0.2) is 18.5 Å². The van der Waals surface area contributed by atoms with Gasteiger partial charge in [0.15, 0.2) is 5.82 Å². The monoisotopic (exact) mass is 397 g/mol. The third-order valence-electron chi connectivity index (χ3n) is 5.37. The standard InChI is InChI=1S/C20H24FN7O/c1-12(2)28-20(23-13(3)25-28)16-11-27-6-7-29-17-8-18(26-5-4-14(21)10-26)22-9-15(17)19(27)24-16/h8-9,11-12,14H,4-7,10H2,1-3H3/t14-/m1/s1. The first-order chi connectivity index (χ1) is 14.0. The first kappa shape index (κ1) is 18.1. The Hall–Kier alpha value is -2.97. The van der Waals surface area contributed by atoms with Gasteiger partial charge in [0, 0.05) is 31.0 Å². The molecule has 0 spiro atoms. The number of imidazole rings is 1. The Morgan fingerprint density at radius 1 is 1.21 bits per heavy atom. The van der Waals surface area contributed by atoms with Crippen molar-refractivity contribution in [3.63, 3.8) is 0 Å². The lowest BCUT2D eigenvalue weighted by Crippen LogP contribution is -2.21. The molecule has 2 aliphatic rings. The van der Waals surface area contributed by atoms with E-state index in [0.29, 0.717) is 32.7 Å². The van der Waals surface area contributed by atoms with Gasteiger partial charge in [-0.25, -0.2) is 24.0 Å². The molecule has 9 heteroatoms. The van der Waals surface area contributed by atoms with Crippen molar-refractivity contribution in [2.24, 2.45) is 0 Å². The van der Waals surface area contributed by atoms with Gasteiger partial charge in [-0.2, -0.15) is 5.10 Å². The molecule has 3 aromatic rings. The zero-order valence-electron chi connectivity index (χ0n) is 16.8. The summed E-state index contributed by atoms with van der Waals surface area (Å²) >= 11 is 0. The van der Waals surface area contributed by atoms with Gasteiger partial charge >= 0.3 is 0 Å². The smallest absolute Gasteiger partial charge is 0.178 e. The zero-order chi connectivity index (χ0) is 20.1. The van der Waals surface area contributed by atoms with E-state index in [2.05, 4.69) is 33.5 Å². The molecule has 0 aliphatic carbocycles. The lowest BCUT2D eigenvalue weighted by atomic mass is 10.2. The van der Waals surface area contributed by atoms with Gasteiger partial charge in [-0.15, -0.1) is 0 Å². The van der Waals surface area contributed by atoms with Crippen LogP contribution >= 0.6 is 0 Å². The van der Waals surface area contributed by atoms with Crippen molar-refractivity contribution in [2.75, 3.05) is 24.6 Å². The number of nitrogens with zero attached hydrogens (tertiary/aromatic N) is 7. The Morgan fingerprint density at radius 2 is 2.07 bits per heavy atom. The van der Waals surface area contributed by atoms with Gasteiger partial charge in [-0.3, -0.25) is 0 Å². The second-order valence-corrected chi connectivity index (χ2v) is 7.88. The van der Waals surface area contributed by atoms with E-state index < -0.39 is 6.17 Å². The third-order valence-corrected chi connectivity index (χ3v) is 5.37. The van der Waals surface area contributed by atoms with Crippen molar-refractivity contribution in [1.82, 2.24) is 29.3 Å². The van der Waals surface area contributed by atoms with Gasteiger partial charge in [-0.1, -0.05) is 0 Å². The van der Waals surface area contributed by atoms with Crippen molar-refractivity contribution < 1.29 is 9.13 Å². The topological polar surface area (TPSA) is 73.9 Å². The number of fused-ring (bicyclic) bond motifs is 3. The molecule has 8 nitrogen and oxygen atoms in total. The quantitative estimate of drug-likeness (QED) is 0.676. The molecule has 3 aromatic heterocycles. The van der Waals surface area contributed by atoms with E-state index in [1.54, 1.807) is 6.20 Å². The summed E-state index contributed by atoms with van der Waals surface area (Å²) in [5, 5.41) is 4.50. The second kappa shape index (κ2) is 6.82. The molecule has 29 heavy (non-hydrogen) atoms. The molecule has 0 radical (unpaired) electrons. The number of pyridine rings is 1. The van der Waals surface area contributed by atoms with Crippen LogP contribution in [0, 0.1) is 6.92 Å². The van der Waals surface area contributed by atoms with Crippen LogP contribution in [0.5, 0.6) is 5.75 Å². The molecule has 5 heterocycles. The number of hydrogen-bond acceptors (Lipinski definition) is 6. The Kier molecular flexibility index (Phi) is 4.25. The molecule has 0 bridgehead atoms. The Bertz CT molecular complexity index is 1060. The third kappa shape index (κ3) is 3.14. The minimum atomic E-state index is -0.792. The molecule has 152 valence electrons. The van der Waals surface area contributed by atoms with Gasteiger partial charge in [0.25, 0.3) is 0 Å². The number of rotatable bonds is 3. The summed E-state index contributed by atoms with van der Waals surface area (Å²) in [6.07, 6.45) is 3.53. The number of alkyl halides is 1. The number of hydrogen-bond donors (Lipinski definition) is 0. The van der Waals surface area contributed by atoms with Gasteiger partial charge in [0.1, 0.15) is 41.7 Å². The Balaban J connectivity index is 1.55. The van der Waals surface area contributed by atoms with E-state index in [4.69, 9.17) is 9.72 Å². The van der Waals surface area contributed by atoms with Gasteiger partial charge in [0.05, 0.1) is 18.7 Å². The van der Waals surface area contributed by atoms with Gasteiger partial charge in [0.2, 0.25) is 0 Å². The normalized spacial score (nSPS) is 18.5. The maximum absolute atomic E-state index is 13.6. The second-order valence-electron chi connectivity index (χ2n) is 7.88. The summed E-state index contributed by atoms with van der Waals surface area (Å²) in [5.74, 6) is 3.77. The van der Waals surface area contributed by atoms with Crippen LogP contribution in [-0.2, 0) is 6.54 Å². The SMILES string of the molecule is Cc1nc(-c2cn3c(n2)-c2cnc(N4CC[C@@H](F)C4)cc2OCC3)n(C(C)C)n1. The molecule has 1 saturated heterocycles. The number of aromatic nitrogens is 6. The summed E-state index contributed by atoms with van der Waals surface area (Å²) < 4.78 is 23.5. The first-order valence-corrected chi connectivity index (χ1v) is 10.0. The lowest BCUT2D eigenvalue weighted by Gasteiger charge is -2.17. The predicted molar refractivity (Wildman–Crippen MR) is 107 cm³/mol. The zero-order valence-corrected chi connectivity index (χ0v) is 16.8. The number of anilines is 1. The van der Waals surface area contributed by atoms with Crippen LogP contribution < -0.4 is 9.64 Å². The highest BCUT2D eigenvalue weighted by molar-refractivity contribution is 5.69. The maximum atomic E-state index is 13.6. The predicted octanol–water partition coefficient (Wildman–Crippen LogP) is 3.03. The van der Waals surface area contributed by atoms with Crippen LogP contribution in [0.2, 0.25) is 0 Å². The largest absolute Gasteiger partial charge is 0.491 e. The molecule has 0 unspecified atom stereocenters. The minimum Gasteiger partial charge on any atom is -0.491 e. The Labute approximate surface area is 168 Å². The van der Waals surface area contributed by atoms with Crippen molar-refractivity contribution in [3.8, 4) is 28.7 Å². The summed E-state index contributed by atoms with van der Waals surface area (Å²) in [5.41, 5.74) is 1.62. The average Bonchev–Trinajstić information content (AvgIpc) is 3.38. The molecule has 5 rings (SSSR count). The molecular weight excluding hydrogens is 373 g/mol. The number of ether oxygens (including phenoxy) is 1. The fourth-order valence-electron chi connectivity index (χ4n) is 3.94. The van der Waals surface area contributed by atoms with E-state index in [1.807, 2.05) is 28.8 Å². The summed E-state index contributed by atoms with van der Waals surface area (Å²) in [4.78, 5) is 16.0. The van der Waals surface area contributed by atoms with Gasteiger partial charge < -0.3 is 14.2 Å². The Morgan fingerprint density at radius 3 is 2.83 bits per heavy atom. The van der Waals surface area contributed by atoms with Crippen LogP contribution in [-0.4, -0.2) is 55.2 Å². The molecule has 0 aromatic carbocycles. The van der Waals surface area contributed by atoms with Crippen molar-refractivity contribution in [1.29, 1.82) is 0 Å². The fraction of sp³-hybridized carbons (Fsp3) is 0.500. The van der Waals surface area contributed by atoms with E-state index in [-0.39, 0.29) is 6.04 Å². The summed E-state index contributed by atoms with van der Waals surface area (Å²) in [7, 11) is 0. The van der Waals surface area contributed by atoms with E-state index in [0.717, 1.165) is 40.3 Å². The van der Waals surface area contributed by atoms with Crippen molar-refractivity contribution in [3.05, 3.63) is 24.3 Å². The number of aryl methyl sites for hydroxylation is 1. The van der Waals surface area contributed by atoms with Crippen LogP contribution in [0.1, 0.15) is 32.1 Å². The highest BCUT2D eigenvalue weighted by Gasteiger charge is 2.26. The van der Waals surface area contributed by atoms with Crippen molar-refractivity contribution in [2.45, 2.75) is 46.0 Å². The fourth-order valence-corrected chi connectivity index (χ4v) is 3.94. The highest BCUT2D eigenvalue weighted by atomic mass is 19.1. The van der Waals surface area contributed by atoms with Crippen LogP contribution in [0.3, 0.4) is 0 Å². The van der Waals surface area contributed by atoms with Gasteiger partial charge in [-0.05, 0) is 27.2 Å². The van der Waals surface area contributed by atoms with E-state index in [9.17, 15) is 4.39 Å². The minimum absolute atomic E-state index is 0.187. The molecule has 0 saturated carbocycles.